The number of hydrogen-bond acceptors (Lipinski definition) is 2. The van der Waals surface area contributed by atoms with E-state index in [-0.39, 0.29) is 5.91 Å². The van der Waals surface area contributed by atoms with Gasteiger partial charge >= 0.3 is 0 Å². The van der Waals surface area contributed by atoms with Crippen molar-refractivity contribution in [3.05, 3.63) is 35.2 Å². The predicted molar refractivity (Wildman–Crippen MR) is 84.2 cm³/mol. The zero-order valence-corrected chi connectivity index (χ0v) is 13.0. The van der Waals surface area contributed by atoms with Crippen LogP contribution in [-0.4, -0.2) is 17.3 Å². The molecule has 0 bridgehead atoms. The second kappa shape index (κ2) is 5.63. The first-order chi connectivity index (χ1) is 9.28. The van der Waals surface area contributed by atoms with Gasteiger partial charge < -0.3 is 5.32 Å². The van der Waals surface area contributed by atoms with E-state index in [4.69, 9.17) is 0 Å². The minimum atomic E-state index is 0.0825. The molecule has 1 aromatic carbocycles. The molecule has 1 heterocycles. The van der Waals surface area contributed by atoms with Crippen molar-refractivity contribution in [3.8, 4) is 0 Å². The van der Waals surface area contributed by atoms with Gasteiger partial charge in [-0.1, -0.05) is 40.5 Å². The number of rotatable bonds is 3. The Hall–Kier alpha value is -0.870. The van der Waals surface area contributed by atoms with E-state index in [1.807, 2.05) is 18.2 Å². The fraction of sp³-hybridized carbons (Fsp3) is 0.400. The minimum Gasteiger partial charge on any atom is -0.348 e. The molecule has 2 aromatic rings. The van der Waals surface area contributed by atoms with Crippen molar-refractivity contribution in [1.82, 2.24) is 5.32 Å². The molecule has 3 rings (SSSR count). The number of alkyl halides is 1. The second-order valence-corrected chi connectivity index (χ2v) is 6.80. The first-order valence-corrected chi connectivity index (χ1v) is 8.57. The number of nitrogens with one attached hydrogen (secondary N) is 1. The smallest absolute Gasteiger partial charge is 0.261 e. The summed E-state index contributed by atoms with van der Waals surface area (Å²) in [4.78, 5) is 13.1. The Labute approximate surface area is 125 Å². The highest BCUT2D eigenvalue weighted by Gasteiger charge is 2.28. The van der Waals surface area contributed by atoms with Crippen molar-refractivity contribution < 1.29 is 4.79 Å². The first kappa shape index (κ1) is 13.1. The van der Waals surface area contributed by atoms with Crippen LogP contribution in [-0.2, 0) is 0 Å². The van der Waals surface area contributed by atoms with E-state index in [1.165, 1.54) is 17.5 Å². The Bertz CT molecular complexity index is 562. The molecule has 1 fully saturated rings. The van der Waals surface area contributed by atoms with Gasteiger partial charge in [0.2, 0.25) is 0 Å². The second-order valence-electron chi connectivity index (χ2n) is 5.07. The zero-order chi connectivity index (χ0) is 13.2. The van der Waals surface area contributed by atoms with E-state index >= 15 is 0 Å². The third-order valence-electron chi connectivity index (χ3n) is 3.82. The Morgan fingerprint density at radius 2 is 2.21 bits per heavy atom. The fourth-order valence-electron chi connectivity index (χ4n) is 2.74. The van der Waals surface area contributed by atoms with E-state index < -0.39 is 0 Å². The van der Waals surface area contributed by atoms with Crippen molar-refractivity contribution >= 4 is 43.3 Å². The first-order valence-electron chi connectivity index (χ1n) is 6.63. The molecule has 0 spiro atoms. The lowest BCUT2D eigenvalue weighted by atomic mass is 10.1. The fourth-order valence-corrected chi connectivity index (χ4v) is 4.49. The number of fused-ring (bicyclic) bond motifs is 1. The third-order valence-corrected chi connectivity index (χ3v) is 5.77. The maximum absolute atomic E-state index is 12.3. The van der Waals surface area contributed by atoms with Gasteiger partial charge in [-0.25, -0.2) is 0 Å². The summed E-state index contributed by atoms with van der Waals surface area (Å²) < 4.78 is 1.18. The molecule has 19 heavy (non-hydrogen) atoms. The molecule has 4 heteroatoms. The predicted octanol–water partition coefficient (Wildman–Crippen LogP) is 4.19. The molecule has 0 aliphatic heterocycles. The Kier molecular flexibility index (Phi) is 3.89. The van der Waals surface area contributed by atoms with Gasteiger partial charge in [0.25, 0.3) is 5.91 Å². The SMILES string of the molecule is O=C(NC1CCCC1CBr)c1cc2ccccc2s1. The van der Waals surface area contributed by atoms with Crippen molar-refractivity contribution in [2.75, 3.05) is 5.33 Å². The number of carbonyl (C=O) groups is 1. The molecule has 100 valence electrons. The summed E-state index contributed by atoms with van der Waals surface area (Å²) in [5.74, 6) is 0.664. The third kappa shape index (κ3) is 2.70. The van der Waals surface area contributed by atoms with Gasteiger partial charge in [-0.15, -0.1) is 11.3 Å². The van der Waals surface area contributed by atoms with Crippen LogP contribution in [0.2, 0.25) is 0 Å². The number of benzene rings is 1. The summed E-state index contributed by atoms with van der Waals surface area (Å²) in [6.07, 6.45) is 3.53. The molecule has 1 aliphatic carbocycles. The van der Waals surface area contributed by atoms with E-state index in [0.29, 0.717) is 12.0 Å². The van der Waals surface area contributed by atoms with Gasteiger partial charge in [0, 0.05) is 16.1 Å². The number of thiophene rings is 1. The zero-order valence-electron chi connectivity index (χ0n) is 10.6. The Morgan fingerprint density at radius 3 is 3.00 bits per heavy atom. The van der Waals surface area contributed by atoms with Gasteiger partial charge in [-0.3, -0.25) is 4.79 Å². The van der Waals surface area contributed by atoms with Gasteiger partial charge in [0.05, 0.1) is 4.88 Å². The normalized spacial score (nSPS) is 22.8. The van der Waals surface area contributed by atoms with Crippen molar-refractivity contribution in [2.45, 2.75) is 25.3 Å². The molecule has 0 radical (unpaired) electrons. The summed E-state index contributed by atoms with van der Waals surface area (Å²) in [5, 5.41) is 5.33. The van der Waals surface area contributed by atoms with Crippen LogP contribution in [0.25, 0.3) is 10.1 Å². The van der Waals surface area contributed by atoms with Gasteiger partial charge in [-0.2, -0.15) is 0 Å². The molecule has 1 N–H and O–H groups in total. The lowest BCUT2D eigenvalue weighted by molar-refractivity contribution is 0.0934. The number of carbonyl (C=O) groups excluding carboxylic acids is 1. The van der Waals surface area contributed by atoms with E-state index in [0.717, 1.165) is 22.0 Å². The average molecular weight is 338 g/mol. The Balaban J connectivity index is 1.76. The average Bonchev–Trinajstić information content (AvgIpc) is 3.03. The van der Waals surface area contributed by atoms with Crippen molar-refractivity contribution in [3.63, 3.8) is 0 Å². The van der Waals surface area contributed by atoms with Crippen LogP contribution in [0.5, 0.6) is 0 Å². The van der Waals surface area contributed by atoms with Gasteiger partial charge in [-0.05, 0) is 36.3 Å². The van der Waals surface area contributed by atoms with Crippen LogP contribution in [0.4, 0.5) is 0 Å². The van der Waals surface area contributed by atoms with Crippen LogP contribution in [0.15, 0.2) is 30.3 Å². The minimum absolute atomic E-state index is 0.0825. The summed E-state index contributed by atoms with van der Waals surface area (Å²) in [6.45, 7) is 0. The topological polar surface area (TPSA) is 29.1 Å². The van der Waals surface area contributed by atoms with Gasteiger partial charge in [0.15, 0.2) is 0 Å². The van der Waals surface area contributed by atoms with Crippen LogP contribution < -0.4 is 5.32 Å². The number of amides is 1. The number of hydrogen-bond donors (Lipinski definition) is 1. The van der Waals surface area contributed by atoms with Crippen molar-refractivity contribution in [2.24, 2.45) is 5.92 Å². The molecule has 1 aliphatic rings. The lowest BCUT2D eigenvalue weighted by Crippen LogP contribution is -2.37. The van der Waals surface area contributed by atoms with Crippen LogP contribution in [0.1, 0.15) is 28.9 Å². The van der Waals surface area contributed by atoms with Crippen LogP contribution in [0, 0.1) is 5.92 Å². The maximum Gasteiger partial charge on any atom is 0.261 e. The number of halogens is 1. The standard InChI is InChI=1S/C15H16BrNOS/c16-9-11-5-3-6-12(11)17-15(18)14-8-10-4-1-2-7-13(10)19-14/h1-2,4,7-8,11-12H,3,5-6,9H2,(H,17,18). The van der Waals surface area contributed by atoms with Crippen LogP contribution in [0.3, 0.4) is 0 Å². The highest BCUT2D eigenvalue weighted by atomic mass is 79.9. The summed E-state index contributed by atoms with van der Waals surface area (Å²) >= 11 is 5.12. The maximum atomic E-state index is 12.3. The quantitative estimate of drug-likeness (QED) is 0.835. The summed E-state index contributed by atoms with van der Waals surface area (Å²) in [7, 11) is 0. The molecular weight excluding hydrogens is 322 g/mol. The van der Waals surface area contributed by atoms with Gasteiger partial charge in [0.1, 0.15) is 0 Å². The van der Waals surface area contributed by atoms with Crippen molar-refractivity contribution in [1.29, 1.82) is 0 Å². The largest absolute Gasteiger partial charge is 0.348 e. The van der Waals surface area contributed by atoms with E-state index in [2.05, 4.69) is 33.4 Å². The summed E-state index contributed by atoms with van der Waals surface area (Å²) in [5.41, 5.74) is 0. The molecule has 1 aromatic heterocycles. The molecule has 0 saturated heterocycles. The Morgan fingerprint density at radius 1 is 1.37 bits per heavy atom. The highest BCUT2D eigenvalue weighted by molar-refractivity contribution is 9.09. The molecule has 1 saturated carbocycles. The molecule has 2 unspecified atom stereocenters. The highest BCUT2D eigenvalue weighted by Crippen LogP contribution is 2.29. The summed E-state index contributed by atoms with van der Waals surface area (Å²) in [6, 6.07) is 10.5. The van der Waals surface area contributed by atoms with E-state index in [1.54, 1.807) is 11.3 Å². The molecule has 2 atom stereocenters. The molecular formula is C15H16BrNOS. The monoisotopic (exact) mass is 337 g/mol. The molecule has 2 nitrogen and oxygen atoms in total. The van der Waals surface area contributed by atoms with E-state index in [9.17, 15) is 4.79 Å². The lowest BCUT2D eigenvalue weighted by Gasteiger charge is -2.18. The van der Waals surface area contributed by atoms with Crippen LogP contribution >= 0.6 is 27.3 Å². The molecule has 1 amide bonds.